The Balaban J connectivity index is 2.23. The lowest BCUT2D eigenvalue weighted by atomic mass is 10.0. The molecule has 27 heavy (non-hydrogen) atoms. The fourth-order valence-corrected chi connectivity index (χ4v) is 4.62. The van der Waals surface area contributed by atoms with Crippen molar-refractivity contribution in [2.24, 2.45) is 0 Å². The molecule has 2 atom stereocenters. The van der Waals surface area contributed by atoms with Crippen LogP contribution in [0, 0.1) is 3.57 Å². The molecular formula is C19H34IN3O3Si. The highest BCUT2D eigenvalue weighted by Gasteiger charge is 2.44. The highest BCUT2D eigenvalue weighted by atomic mass is 127. The predicted octanol–water partition coefficient (Wildman–Crippen LogP) is 5.06. The average molecular weight is 507 g/mol. The van der Waals surface area contributed by atoms with Crippen LogP contribution in [0.25, 0.3) is 0 Å². The highest BCUT2D eigenvalue weighted by Crippen LogP contribution is 2.40. The standard InChI is InChI=1S/C19H34IN3O3Si/c1-18(2,3)25-17(24)22-10-9-15(23-12-14(20)11-21-23)16(13-22)26-27(7,8)19(4,5)6/h11-12,15-16H,9-10,13H2,1-8H3. The molecule has 2 unspecified atom stereocenters. The number of aromatic nitrogens is 2. The normalized spacial score (nSPS) is 22.0. The van der Waals surface area contributed by atoms with Crippen molar-refractivity contribution < 1.29 is 14.0 Å². The molecule has 8 heteroatoms. The van der Waals surface area contributed by atoms with Crippen molar-refractivity contribution >= 4 is 37.0 Å². The number of rotatable bonds is 3. The van der Waals surface area contributed by atoms with E-state index in [4.69, 9.17) is 9.16 Å². The summed E-state index contributed by atoms with van der Waals surface area (Å²) in [5, 5.41) is 4.62. The molecule has 1 aromatic heterocycles. The van der Waals surface area contributed by atoms with E-state index in [0.717, 1.165) is 9.99 Å². The zero-order valence-corrected chi connectivity index (χ0v) is 21.0. The lowest BCUT2D eigenvalue weighted by Crippen LogP contribution is -2.54. The molecule has 0 radical (unpaired) electrons. The maximum Gasteiger partial charge on any atom is 0.410 e. The van der Waals surface area contributed by atoms with Gasteiger partial charge in [-0.1, -0.05) is 20.8 Å². The first kappa shape index (κ1) is 22.7. The number of piperidine rings is 1. The number of likely N-dealkylation sites (tertiary alicyclic amines) is 1. The molecule has 1 amide bonds. The van der Waals surface area contributed by atoms with Gasteiger partial charge in [-0.25, -0.2) is 4.79 Å². The van der Waals surface area contributed by atoms with E-state index in [1.165, 1.54) is 0 Å². The van der Waals surface area contributed by atoms with Gasteiger partial charge in [-0.05, 0) is 67.9 Å². The van der Waals surface area contributed by atoms with Gasteiger partial charge in [-0.15, -0.1) is 0 Å². The fourth-order valence-electron chi connectivity index (χ4n) is 2.87. The topological polar surface area (TPSA) is 56.6 Å². The SMILES string of the molecule is CC(C)(C)OC(=O)N1CCC(n2cc(I)cn2)C(O[Si](C)(C)C(C)(C)C)C1. The number of amides is 1. The summed E-state index contributed by atoms with van der Waals surface area (Å²) < 4.78 is 15.5. The van der Waals surface area contributed by atoms with Crippen LogP contribution in [0.1, 0.15) is 54.0 Å². The zero-order chi connectivity index (χ0) is 20.6. The van der Waals surface area contributed by atoms with Crippen molar-refractivity contribution in [2.75, 3.05) is 13.1 Å². The first-order valence-corrected chi connectivity index (χ1v) is 13.5. The minimum Gasteiger partial charge on any atom is -0.444 e. The molecule has 2 heterocycles. The molecule has 154 valence electrons. The van der Waals surface area contributed by atoms with E-state index < -0.39 is 13.9 Å². The first-order chi connectivity index (χ1) is 12.2. The van der Waals surface area contributed by atoms with Crippen LogP contribution in [0.5, 0.6) is 0 Å². The van der Waals surface area contributed by atoms with E-state index in [2.05, 4.69) is 67.8 Å². The first-order valence-electron chi connectivity index (χ1n) is 9.55. The number of hydrogen-bond donors (Lipinski definition) is 0. The van der Waals surface area contributed by atoms with Crippen LogP contribution in [-0.2, 0) is 9.16 Å². The molecule has 0 saturated carbocycles. The summed E-state index contributed by atoms with van der Waals surface area (Å²) >= 11 is 2.27. The van der Waals surface area contributed by atoms with E-state index >= 15 is 0 Å². The van der Waals surface area contributed by atoms with E-state index in [0.29, 0.717) is 13.1 Å². The van der Waals surface area contributed by atoms with Gasteiger partial charge >= 0.3 is 6.09 Å². The summed E-state index contributed by atoms with van der Waals surface area (Å²) in [5.41, 5.74) is -0.498. The van der Waals surface area contributed by atoms with Crippen LogP contribution in [0.4, 0.5) is 4.79 Å². The number of carbonyl (C=O) groups excluding carboxylic acids is 1. The minimum absolute atomic E-state index is 0.0946. The summed E-state index contributed by atoms with van der Waals surface area (Å²) in [6.07, 6.45) is 4.36. The van der Waals surface area contributed by atoms with Gasteiger partial charge in [-0.2, -0.15) is 5.10 Å². The van der Waals surface area contributed by atoms with Crippen molar-refractivity contribution in [3.05, 3.63) is 16.0 Å². The zero-order valence-electron chi connectivity index (χ0n) is 17.9. The molecule has 0 bridgehead atoms. The van der Waals surface area contributed by atoms with Gasteiger partial charge in [0.15, 0.2) is 8.32 Å². The van der Waals surface area contributed by atoms with Gasteiger partial charge in [0.25, 0.3) is 0 Å². The molecule has 6 nitrogen and oxygen atoms in total. The van der Waals surface area contributed by atoms with Crippen molar-refractivity contribution in [1.29, 1.82) is 0 Å². The van der Waals surface area contributed by atoms with E-state index in [1.807, 2.05) is 31.6 Å². The third-order valence-corrected chi connectivity index (χ3v) is 10.4. The summed E-state index contributed by atoms with van der Waals surface area (Å²) in [4.78, 5) is 14.4. The summed E-state index contributed by atoms with van der Waals surface area (Å²) in [6, 6.07) is 0.126. The van der Waals surface area contributed by atoms with Crippen molar-refractivity contribution in [2.45, 2.75) is 83.8 Å². The average Bonchev–Trinajstić information content (AvgIpc) is 2.90. The largest absolute Gasteiger partial charge is 0.444 e. The number of halogens is 1. The lowest BCUT2D eigenvalue weighted by molar-refractivity contribution is -0.00824. The molecule has 1 fully saturated rings. The minimum atomic E-state index is -1.99. The lowest BCUT2D eigenvalue weighted by Gasteiger charge is -2.45. The Labute approximate surface area is 178 Å². The number of ether oxygens (including phenoxy) is 1. The van der Waals surface area contributed by atoms with Crippen LogP contribution in [0.15, 0.2) is 12.4 Å². The molecule has 1 aliphatic rings. The van der Waals surface area contributed by atoms with Gasteiger partial charge in [0, 0.05) is 12.7 Å². The van der Waals surface area contributed by atoms with Crippen LogP contribution >= 0.6 is 22.6 Å². The van der Waals surface area contributed by atoms with Gasteiger partial charge in [0.2, 0.25) is 0 Å². The second kappa shape index (κ2) is 8.02. The number of nitrogens with zero attached hydrogens (tertiary/aromatic N) is 3. The highest BCUT2D eigenvalue weighted by molar-refractivity contribution is 14.1. The van der Waals surface area contributed by atoms with Crippen molar-refractivity contribution in [3.8, 4) is 0 Å². The summed E-state index contributed by atoms with van der Waals surface area (Å²) in [5.74, 6) is 0. The molecular weight excluding hydrogens is 473 g/mol. The maximum absolute atomic E-state index is 12.6. The quantitative estimate of drug-likeness (QED) is 0.424. The second-order valence-electron chi connectivity index (χ2n) is 9.84. The van der Waals surface area contributed by atoms with E-state index in [-0.39, 0.29) is 23.3 Å². The van der Waals surface area contributed by atoms with Crippen LogP contribution in [0.2, 0.25) is 18.1 Å². The third-order valence-electron chi connectivity index (χ3n) is 5.34. The van der Waals surface area contributed by atoms with E-state index in [1.54, 1.807) is 4.90 Å². The molecule has 0 aliphatic carbocycles. The van der Waals surface area contributed by atoms with Gasteiger partial charge in [0.05, 0.1) is 28.5 Å². The molecule has 1 aliphatic heterocycles. The maximum atomic E-state index is 12.6. The van der Waals surface area contributed by atoms with Gasteiger partial charge < -0.3 is 14.1 Å². The second-order valence-corrected chi connectivity index (χ2v) is 15.8. The van der Waals surface area contributed by atoms with Crippen molar-refractivity contribution in [3.63, 3.8) is 0 Å². The summed E-state index contributed by atoms with van der Waals surface area (Å²) in [7, 11) is -1.99. The number of hydrogen-bond acceptors (Lipinski definition) is 4. The number of carbonyl (C=O) groups is 1. The van der Waals surface area contributed by atoms with Crippen molar-refractivity contribution in [1.82, 2.24) is 14.7 Å². The van der Waals surface area contributed by atoms with Gasteiger partial charge in [0.1, 0.15) is 5.60 Å². The summed E-state index contributed by atoms with van der Waals surface area (Å²) in [6.45, 7) is 18.1. The van der Waals surface area contributed by atoms with Gasteiger partial charge in [-0.3, -0.25) is 4.68 Å². The monoisotopic (exact) mass is 507 g/mol. The molecule has 1 saturated heterocycles. The Kier molecular flexibility index (Phi) is 6.74. The Morgan fingerprint density at radius 1 is 1.26 bits per heavy atom. The molecule has 0 N–H and O–H groups in total. The van der Waals surface area contributed by atoms with Crippen LogP contribution in [0.3, 0.4) is 0 Å². The Morgan fingerprint density at radius 2 is 1.89 bits per heavy atom. The van der Waals surface area contributed by atoms with Crippen LogP contribution in [-0.4, -0.2) is 53.9 Å². The molecule has 1 aromatic rings. The third kappa shape index (κ3) is 5.93. The molecule has 0 spiro atoms. The smallest absolute Gasteiger partial charge is 0.410 e. The predicted molar refractivity (Wildman–Crippen MR) is 118 cm³/mol. The molecule has 0 aromatic carbocycles. The molecule has 2 rings (SSSR count). The van der Waals surface area contributed by atoms with Crippen LogP contribution < -0.4 is 0 Å². The Bertz CT molecular complexity index is 664. The Hall–Kier alpha value is -0.613. The van der Waals surface area contributed by atoms with E-state index in [9.17, 15) is 4.79 Å². The Morgan fingerprint density at radius 3 is 2.37 bits per heavy atom. The fraction of sp³-hybridized carbons (Fsp3) is 0.789.